The minimum absolute atomic E-state index is 0.132. The third-order valence-corrected chi connectivity index (χ3v) is 5.66. The highest BCUT2D eigenvalue weighted by molar-refractivity contribution is 9.10. The molecule has 0 saturated heterocycles. The number of rotatable bonds is 5. The molecule has 0 aliphatic heterocycles. The van der Waals surface area contributed by atoms with Gasteiger partial charge in [0.15, 0.2) is 6.54 Å². The molecule has 1 aromatic heterocycles. The maximum absolute atomic E-state index is 11.9. The number of anilines is 2. The van der Waals surface area contributed by atoms with Crippen molar-refractivity contribution >= 4 is 49.0 Å². The van der Waals surface area contributed by atoms with Gasteiger partial charge in [0.05, 0.1) is 9.82 Å². The molecule has 0 radical (unpaired) electrons. The minimum atomic E-state index is -4.77. The molecule has 3 rings (SSSR count). The highest BCUT2D eigenvalue weighted by Crippen LogP contribution is 2.23. The number of halogens is 1. The zero-order valence-electron chi connectivity index (χ0n) is 17.4. The molecule has 176 valence electrons. The lowest BCUT2D eigenvalue weighted by atomic mass is 10.3. The highest BCUT2D eigenvalue weighted by atomic mass is 79.9. The second kappa shape index (κ2) is 10.4. The molecule has 0 aliphatic rings. The number of nitrogens with one attached hydrogen (secondary N) is 1. The monoisotopic (exact) mass is 541 g/mol. The number of aryl methyl sites for hydroxylation is 1. The summed E-state index contributed by atoms with van der Waals surface area (Å²) >= 11 is 3.34. The Balaban J connectivity index is 0.000000245. The van der Waals surface area contributed by atoms with Crippen LogP contribution in [0.3, 0.4) is 0 Å². The first-order valence-corrected chi connectivity index (χ1v) is 11.3. The average Bonchev–Trinajstić information content (AvgIpc) is 2.96. The zero-order valence-corrected chi connectivity index (χ0v) is 19.8. The van der Waals surface area contributed by atoms with Crippen molar-refractivity contribution in [1.29, 1.82) is 0 Å². The number of hydrogen-bond acceptors (Lipinski definition) is 9. The second-order valence-corrected chi connectivity index (χ2v) is 8.87. The first kappa shape index (κ1) is 25.7. The molecule has 33 heavy (non-hydrogen) atoms. The van der Waals surface area contributed by atoms with Crippen molar-refractivity contribution in [2.24, 2.45) is 0 Å². The lowest BCUT2D eigenvalue weighted by Gasteiger charge is -2.08. The Hall–Kier alpha value is -3.56. The van der Waals surface area contributed by atoms with Crippen molar-refractivity contribution < 1.29 is 27.4 Å². The highest BCUT2D eigenvalue weighted by Gasteiger charge is 2.19. The van der Waals surface area contributed by atoms with Crippen LogP contribution in [0.5, 0.6) is 0 Å². The lowest BCUT2D eigenvalue weighted by molar-refractivity contribution is -0.652. The number of amides is 1. The van der Waals surface area contributed by atoms with Gasteiger partial charge in [-0.15, -0.1) is 9.36 Å². The van der Waals surface area contributed by atoms with Gasteiger partial charge in [-0.1, -0.05) is 15.9 Å². The molecular weight excluding hydrogens is 522 g/mol. The molecule has 13 nitrogen and oxygen atoms in total. The molecule has 0 saturated carbocycles. The van der Waals surface area contributed by atoms with Gasteiger partial charge in [-0.05, 0) is 30.3 Å². The van der Waals surface area contributed by atoms with Gasteiger partial charge in [0.25, 0.3) is 23.2 Å². The molecule has 2 aromatic carbocycles. The molecule has 0 unspecified atom stereocenters. The van der Waals surface area contributed by atoms with E-state index in [1.807, 2.05) is 31.2 Å². The Labute approximate surface area is 197 Å². The summed E-state index contributed by atoms with van der Waals surface area (Å²) in [6.45, 7) is 3.73. The lowest BCUT2D eigenvalue weighted by Crippen LogP contribution is -2.48. The van der Waals surface area contributed by atoms with E-state index >= 15 is 0 Å². The molecule has 0 spiro atoms. The largest absolute Gasteiger partial charge is 0.744 e. The van der Waals surface area contributed by atoms with E-state index in [-0.39, 0.29) is 18.1 Å². The normalized spacial score (nSPS) is 10.8. The predicted molar refractivity (Wildman–Crippen MR) is 120 cm³/mol. The van der Waals surface area contributed by atoms with Gasteiger partial charge in [-0.25, -0.2) is 8.42 Å². The van der Waals surface area contributed by atoms with Crippen LogP contribution in [0.25, 0.3) is 0 Å². The second-order valence-electron chi connectivity index (χ2n) is 6.61. The predicted octanol–water partition coefficient (Wildman–Crippen LogP) is 0.984. The van der Waals surface area contributed by atoms with Crippen LogP contribution in [-0.2, 0) is 21.5 Å². The summed E-state index contributed by atoms with van der Waals surface area (Å²) in [5.41, 5.74) is 5.13. The van der Waals surface area contributed by atoms with E-state index in [2.05, 4.69) is 26.3 Å². The fraction of sp³-hybridized carbons (Fsp3) is 0.167. The van der Waals surface area contributed by atoms with Crippen LogP contribution >= 0.6 is 15.9 Å². The van der Waals surface area contributed by atoms with Crippen LogP contribution in [0, 0.1) is 24.0 Å². The van der Waals surface area contributed by atoms with Gasteiger partial charge in [-0.3, -0.25) is 20.8 Å². The van der Waals surface area contributed by atoms with Gasteiger partial charge in [0.1, 0.15) is 10.1 Å². The Bertz CT molecular complexity index is 1290. The minimum Gasteiger partial charge on any atom is -0.744 e. The number of non-ortho nitro benzene ring substituents is 1. The van der Waals surface area contributed by atoms with Crippen LogP contribution < -0.4 is 21.6 Å². The van der Waals surface area contributed by atoms with Crippen LogP contribution in [0.2, 0.25) is 0 Å². The molecule has 1 heterocycles. The van der Waals surface area contributed by atoms with E-state index in [1.165, 1.54) is 4.68 Å². The quantitative estimate of drug-likeness (QED) is 0.105. The Kier molecular flexibility index (Phi) is 8.08. The number of nitrogens with zero attached hydrogens (tertiary/aromatic N) is 4. The zero-order chi connectivity index (χ0) is 24.9. The molecule has 0 fully saturated rings. The van der Waals surface area contributed by atoms with E-state index in [1.54, 1.807) is 11.6 Å². The summed E-state index contributed by atoms with van der Waals surface area (Å²) in [5.74, 6) is 6.99. The number of carbonyl (C=O) groups is 1. The first-order chi connectivity index (χ1) is 15.3. The van der Waals surface area contributed by atoms with Crippen molar-refractivity contribution in [3.8, 4) is 0 Å². The van der Waals surface area contributed by atoms with Crippen molar-refractivity contribution in [1.82, 2.24) is 9.78 Å². The van der Waals surface area contributed by atoms with Gasteiger partial charge in [-0.2, -0.15) is 0 Å². The van der Waals surface area contributed by atoms with E-state index in [0.29, 0.717) is 11.9 Å². The fourth-order valence-electron chi connectivity index (χ4n) is 2.53. The molecule has 1 amide bonds. The summed E-state index contributed by atoms with van der Waals surface area (Å²) in [4.78, 5) is 20.6. The summed E-state index contributed by atoms with van der Waals surface area (Å²) in [6.07, 6.45) is 0. The third-order valence-electron chi connectivity index (χ3n) is 4.23. The topological polar surface area (TPSA) is 203 Å². The molecule has 0 atom stereocenters. The van der Waals surface area contributed by atoms with Crippen LogP contribution in [-0.4, -0.2) is 33.6 Å². The SMILES string of the molecule is Cc1nn(CC(=O)Nc2ccc(Br)cc2)c(C)[n+]1N.Nc1ccc([N+](=O)[O-])cc1S(=O)(=O)[O-]. The van der Waals surface area contributed by atoms with Crippen molar-refractivity contribution in [2.45, 2.75) is 25.3 Å². The van der Waals surface area contributed by atoms with E-state index in [4.69, 9.17) is 11.6 Å². The summed E-state index contributed by atoms with van der Waals surface area (Å²) in [7, 11) is -4.77. The van der Waals surface area contributed by atoms with Crippen LogP contribution in [0.1, 0.15) is 11.6 Å². The van der Waals surface area contributed by atoms with Crippen LogP contribution in [0.15, 0.2) is 51.8 Å². The molecule has 0 bridgehead atoms. The average molecular weight is 542 g/mol. The molecule has 15 heteroatoms. The number of hydrogen-bond donors (Lipinski definition) is 3. The Morgan fingerprint density at radius 2 is 1.85 bits per heavy atom. The van der Waals surface area contributed by atoms with E-state index in [0.717, 1.165) is 28.1 Å². The number of nitrogens with two attached hydrogens (primary N) is 2. The van der Waals surface area contributed by atoms with Crippen molar-refractivity contribution in [3.05, 3.63) is 68.7 Å². The molecular formula is C18H20BrN7O6S. The Morgan fingerprint density at radius 1 is 1.24 bits per heavy atom. The fourth-order valence-corrected chi connectivity index (χ4v) is 3.41. The molecule has 5 N–H and O–H groups in total. The van der Waals surface area contributed by atoms with Gasteiger partial charge >= 0.3 is 0 Å². The number of carbonyl (C=O) groups excluding carboxylic acids is 1. The number of nitro groups is 1. The number of nitrogen functional groups attached to an aromatic ring is 2. The maximum Gasteiger partial charge on any atom is 0.295 e. The van der Waals surface area contributed by atoms with Gasteiger partial charge < -0.3 is 15.6 Å². The maximum atomic E-state index is 11.9. The van der Waals surface area contributed by atoms with Gasteiger partial charge in [0.2, 0.25) is 0 Å². The number of benzene rings is 2. The number of aromatic nitrogens is 3. The standard InChI is InChI=1S/C12H14BrN5O.C6H6N2O5S/c1-8-16-17(9(2)18(8)14)7-12(19)15-11-5-3-10(13)4-6-11;7-5-2-1-4(8(9)10)3-6(5)14(11,12)13/h3-6H,7,14H2,1-2H3;1-3H,7H2,(H,11,12,13). The first-order valence-electron chi connectivity index (χ1n) is 9.06. The molecule has 0 aliphatic carbocycles. The summed E-state index contributed by atoms with van der Waals surface area (Å²) in [6, 6.07) is 10.0. The van der Waals surface area contributed by atoms with Crippen molar-refractivity contribution in [3.63, 3.8) is 0 Å². The number of nitro benzene ring substituents is 1. The van der Waals surface area contributed by atoms with Crippen molar-refractivity contribution in [2.75, 3.05) is 16.9 Å². The van der Waals surface area contributed by atoms with Crippen LogP contribution in [0.4, 0.5) is 17.1 Å². The smallest absolute Gasteiger partial charge is 0.295 e. The summed E-state index contributed by atoms with van der Waals surface area (Å²) < 4.78 is 35.7. The molecule has 3 aromatic rings. The van der Waals surface area contributed by atoms with Gasteiger partial charge in [0, 0.05) is 46.9 Å². The third kappa shape index (κ3) is 6.96. The van der Waals surface area contributed by atoms with E-state index < -0.39 is 25.6 Å². The van der Waals surface area contributed by atoms with E-state index in [9.17, 15) is 27.9 Å². The summed E-state index contributed by atoms with van der Waals surface area (Å²) in [5, 5.41) is 17.3. The Morgan fingerprint density at radius 3 is 2.33 bits per heavy atom.